The number of ether oxygens (including phenoxy) is 3. The molecule has 0 saturated carbocycles. The normalized spacial score (nSPS) is 9.95. The molecule has 2 aromatic rings. The highest BCUT2D eigenvalue weighted by Crippen LogP contribution is 2.29. The minimum atomic E-state index is -1.17. The quantitative estimate of drug-likeness (QED) is 0.788. The van der Waals surface area contributed by atoms with Crippen molar-refractivity contribution in [3.05, 3.63) is 48.3 Å². The van der Waals surface area contributed by atoms with Crippen molar-refractivity contribution in [3.63, 3.8) is 0 Å². The maximum atomic E-state index is 11.0. The Hall–Kier alpha value is -2.76. The van der Waals surface area contributed by atoms with E-state index in [0.29, 0.717) is 12.4 Å². The topological polar surface area (TPSA) is 77.9 Å². The van der Waals surface area contributed by atoms with Gasteiger partial charge in [0.15, 0.2) is 17.2 Å². The van der Waals surface area contributed by atoms with E-state index in [0.717, 1.165) is 5.75 Å². The fraction of sp³-hybridized carbons (Fsp3) is 0.200. The Labute approximate surface area is 121 Å². The number of benzene rings is 1. The number of hydrogen-bond donors (Lipinski definition) is 1. The number of methoxy groups -OCH3 is 1. The Morgan fingerprint density at radius 2 is 1.86 bits per heavy atom. The molecule has 0 fully saturated rings. The van der Waals surface area contributed by atoms with Crippen molar-refractivity contribution in [3.8, 4) is 17.2 Å². The number of carboxylic acid groups (broad SMARTS) is 1. The van der Waals surface area contributed by atoms with Crippen molar-refractivity contribution < 1.29 is 24.1 Å². The number of carboxylic acids is 1. The van der Waals surface area contributed by atoms with Crippen LogP contribution in [0.25, 0.3) is 0 Å². The molecule has 0 bridgehead atoms. The van der Waals surface area contributed by atoms with Gasteiger partial charge in [-0.05, 0) is 12.1 Å². The minimum Gasteiger partial charge on any atom is -0.491 e. The van der Waals surface area contributed by atoms with Crippen molar-refractivity contribution in [2.24, 2.45) is 0 Å². The molecule has 0 aliphatic carbocycles. The maximum absolute atomic E-state index is 11.0. The lowest BCUT2D eigenvalue weighted by Gasteiger charge is -2.12. The molecule has 0 amide bonds. The lowest BCUT2D eigenvalue weighted by Crippen LogP contribution is -2.11. The highest BCUT2D eigenvalue weighted by Gasteiger charge is 2.17. The number of nitrogens with zero attached hydrogens (tertiary/aromatic N) is 1. The molecule has 1 aromatic carbocycles. The van der Waals surface area contributed by atoms with Crippen LogP contribution in [0.15, 0.2) is 42.6 Å². The van der Waals surface area contributed by atoms with Crippen LogP contribution in [0.4, 0.5) is 0 Å². The Morgan fingerprint density at radius 1 is 1.14 bits per heavy atom. The van der Waals surface area contributed by atoms with E-state index < -0.39 is 5.97 Å². The van der Waals surface area contributed by atoms with Gasteiger partial charge in [-0.15, -0.1) is 0 Å². The average molecular weight is 289 g/mol. The highest BCUT2D eigenvalue weighted by molar-refractivity contribution is 5.89. The summed E-state index contributed by atoms with van der Waals surface area (Å²) in [7, 11) is 1.37. The van der Waals surface area contributed by atoms with E-state index in [1.807, 2.05) is 30.3 Å². The van der Waals surface area contributed by atoms with Gasteiger partial charge < -0.3 is 19.3 Å². The van der Waals surface area contributed by atoms with Gasteiger partial charge in [0.05, 0.1) is 7.11 Å². The second-order valence-electron chi connectivity index (χ2n) is 4.01. The van der Waals surface area contributed by atoms with Crippen LogP contribution in [0.3, 0.4) is 0 Å². The van der Waals surface area contributed by atoms with E-state index in [4.69, 9.17) is 19.3 Å². The molecule has 0 radical (unpaired) electrons. The molecule has 2 rings (SSSR count). The third-order valence-electron chi connectivity index (χ3n) is 2.63. The van der Waals surface area contributed by atoms with Gasteiger partial charge in [-0.1, -0.05) is 18.2 Å². The Morgan fingerprint density at radius 3 is 2.52 bits per heavy atom. The molecule has 1 heterocycles. The molecule has 1 aromatic heterocycles. The van der Waals surface area contributed by atoms with Crippen LogP contribution in [0.1, 0.15) is 10.5 Å². The first-order chi connectivity index (χ1) is 10.2. The van der Waals surface area contributed by atoms with Crippen molar-refractivity contribution in [1.82, 2.24) is 4.98 Å². The molecule has 6 heteroatoms. The van der Waals surface area contributed by atoms with Crippen molar-refractivity contribution in [1.29, 1.82) is 0 Å². The van der Waals surface area contributed by atoms with E-state index in [9.17, 15) is 4.79 Å². The molecular weight excluding hydrogens is 274 g/mol. The smallest absolute Gasteiger partial charge is 0.358 e. The summed E-state index contributed by atoms with van der Waals surface area (Å²) < 4.78 is 16.0. The first kappa shape index (κ1) is 14.6. The molecule has 0 spiro atoms. The molecular formula is C15H15NO5. The zero-order valence-corrected chi connectivity index (χ0v) is 11.5. The van der Waals surface area contributed by atoms with E-state index in [-0.39, 0.29) is 18.1 Å². The minimum absolute atomic E-state index is 0.102. The predicted molar refractivity (Wildman–Crippen MR) is 75.2 cm³/mol. The largest absolute Gasteiger partial charge is 0.491 e. The Bertz CT molecular complexity index is 600. The number of para-hydroxylation sites is 1. The summed E-state index contributed by atoms with van der Waals surface area (Å²) in [6, 6.07) is 10.9. The van der Waals surface area contributed by atoms with Crippen molar-refractivity contribution in [2.75, 3.05) is 20.3 Å². The summed E-state index contributed by atoms with van der Waals surface area (Å²) in [5, 5.41) is 9.02. The standard InChI is InChI=1S/C15H15NO5/c1-19-14-12(7-8-16-13(14)15(17)18)21-10-9-20-11-5-3-2-4-6-11/h2-8H,9-10H2,1H3,(H,17,18). The first-order valence-electron chi connectivity index (χ1n) is 6.29. The third-order valence-corrected chi connectivity index (χ3v) is 2.63. The molecule has 0 aliphatic rings. The summed E-state index contributed by atoms with van der Waals surface area (Å²) >= 11 is 0. The summed E-state index contributed by atoms with van der Waals surface area (Å²) in [4.78, 5) is 14.8. The zero-order chi connectivity index (χ0) is 15.1. The van der Waals surface area contributed by atoms with Crippen LogP contribution < -0.4 is 14.2 Å². The Balaban J connectivity index is 1.94. The fourth-order valence-electron chi connectivity index (χ4n) is 1.72. The van der Waals surface area contributed by atoms with E-state index in [1.54, 1.807) is 6.07 Å². The molecule has 21 heavy (non-hydrogen) atoms. The van der Waals surface area contributed by atoms with Crippen LogP contribution in [0, 0.1) is 0 Å². The van der Waals surface area contributed by atoms with Gasteiger partial charge in [0.1, 0.15) is 19.0 Å². The number of carbonyl (C=O) groups is 1. The second-order valence-corrected chi connectivity index (χ2v) is 4.01. The number of aromatic carboxylic acids is 1. The van der Waals surface area contributed by atoms with E-state index >= 15 is 0 Å². The van der Waals surface area contributed by atoms with Gasteiger partial charge >= 0.3 is 5.97 Å². The molecule has 0 aliphatic heterocycles. The van der Waals surface area contributed by atoms with Crippen molar-refractivity contribution >= 4 is 5.97 Å². The summed E-state index contributed by atoms with van der Waals surface area (Å²) in [6.07, 6.45) is 1.36. The monoisotopic (exact) mass is 289 g/mol. The lowest BCUT2D eigenvalue weighted by molar-refractivity contribution is 0.0685. The van der Waals surface area contributed by atoms with Crippen LogP contribution in [0.5, 0.6) is 17.2 Å². The summed E-state index contributed by atoms with van der Waals surface area (Å²) in [6.45, 7) is 0.590. The molecule has 0 saturated heterocycles. The van der Waals surface area contributed by atoms with Gasteiger partial charge in [0, 0.05) is 12.3 Å². The fourth-order valence-corrected chi connectivity index (χ4v) is 1.72. The maximum Gasteiger partial charge on any atom is 0.358 e. The molecule has 110 valence electrons. The second kappa shape index (κ2) is 7.14. The highest BCUT2D eigenvalue weighted by atomic mass is 16.5. The Kier molecular flexibility index (Phi) is 4.98. The number of hydrogen-bond acceptors (Lipinski definition) is 5. The van der Waals surface area contributed by atoms with Gasteiger partial charge in [-0.2, -0.15) is 0 Å². The van der Waals surface area contributed by atoms with Crippen LogP contribution in [-0.2, 0) is 0 Å². The van der Waals surface area contributed by atoms with Crippen molar-refractivity contribution in [2.45, 2.75) is 0 Å². The number of rotatable bonds is 7. The van der Waals surface area contributed by atoms with Gasteiger partial charge in [-0.25, -0.2) is 9.78 Å². The molecule has 0 unspecified atom stereocenters. The van der Waals surface area contributed by atoms with Gasteiger partial charge in [0.25, 0.3) is 0 Å². The van der Waals surface area contributed by atoms with E-state index in [2.05, 4.69) is 4.98 Å². The lowest BCUT2D eigenvalue weighted by atomic mass is 10.3. The van der Waals surface area contributed by atoms with Gasteiger partial charge in [-0.3, -0.25) is 0 Å². The van der Waals surface area contributed by atoms with Crippen LogP contribution in [0.2, 0.25) is 0 Å². The number of aromatic nitrogens is 1. The SMILES string of the molecule is COc1c(OCCOc2ccccc2)ccnc1C(=O)O. The predicted octanol–water partition coefficient (Wildman–Crippen LogP) is 2.25. The number of pyridine rings is 1. The zero-order valence-electron chi connectivity index (χ0n) is 11.5. The van der Waals surface area contributed by atoms with Gasteiger partial charge in [0.2, 0.25) is 0 Å². The third kappa shape index (κ3) is 3.85. The molecule has 1 N–H and O–H groups in total. The van der Waals surface area contributed by atoms with Crippen LogP contribution >= 0.6 is 0 Å². The first-order valence-corrected chi connectivity index (χ1v) is 6.29. The molecule has 0 atom stereocenters. The van der Waals surface area contributed by atoms with Crippen LogP contribution in [-0.4, -0.2) is 36.4 Å². The average Bonchev–Trinajstić information content (AvgIpc) is 2.52. The van der Waals surface area contributed by atoms with E-state index in [1.165, 1.54) is 13.3 Å². The summed E-state index contributed by atoms with van der Waals surface area (Å²) in [5.74, 6) is -0.00173. The summed E-state index contributed by atoms with van der Waals surface area (Å²) in [5.41, 5.74) is -0.182. The molecule has 6 nitrogen and oxygen atoms in total.